The van der Waals surface area contributed by atoms with Gasteiger partial charge in [0.1, 0.15) is 17.8 Å². The topological polar surface area (TPSA) is 65.4 Å². The fraction of sp³-hybridized carbons (Fsp3) is 0.556. The summed E-state index contributed by atoms with van der Waals surface area (Å²) in [6, 6.07) is 5.21. The van der Waals surface area contributed by atoms with Crippen LogP contribution in [0.1, 0.15) is 51.2 Å². The van der Waals surface area contributed by atoms with Crippen molar-refractivity contribution in [1.82, 2.24) is 4.90 Å². The number of nitrogens with one attached hydrogen (secondary N) is 1. The Bertz CT molecular complexity index is 705. The van der Waals surface area contributed by atoms with E-state index < -0.39 is 29.6 Å². The van der Waals surface area contributed by atoms with Crippen LogP contribution in [0.3, 0.4) is 0 Å². The summed E-state index contributed by atoms with van der Waals surface area (Å²) in [5.41, 5.74) is -2.05. The quantitative estimate of drug-likeness (QED) is 0.818. The zero-order valence-electron chi connectivity index (χ0n) is 15.0. The van der Waals surface area contributed by atoms with E-state index in [1.807, 2.05) is 0 Å². The molecule has 1 fully saturated rings. The third-order valence-corrected chi connectivity index (χ3v) is 3.93. The van der Waals surface area contributed by atoms with E-state index >= 15 is 0 Å². The Hall–Kier alpha value is -2.43. The summed E-state index contributed by atoms with van der Waals surface area (Å²) in [4.78, 5) is 13.8. The van der Waals surface area contributed by atoms with Crippen LogP contribution in [0.15, 0.2) is 18.2 Å². The zero-order chi connectivity index (χ0) is 19.5. The lowest BCUT2D eigenvalue weighted by Gasteiger charge is -2.38. The van der Waals surface area contributed by atoms with E-state index in [1.165, 1.54) is 17.0 Å². The summed E-state index contributed by atoms with van der Waals surface area (Å²) in [5.74, 6) is 0. The van der Waals surface area contributed by atoms with Crippen molar-refractivity contribution in [2.45, 2.75) is 58.0 Å². The first-order chi connectivity index (χ1) is 12.0. The van der Waals surface area contributed by atoms with Gasteiger partial charge in [0.2, 0.25) is 0 Å². The predicted octanol–water partition coefficient (Wildman–Crippen LogP) is 4.74. The molecular formula is C18H22F3N3O2. The number of rotatable bonds is 2. The Balaban J connectivity index is 2.33. The van der Waals surface area contributed by atoms with E-state index in [0.717, 1.165) is 18.9 Å². The van der Waals surface area contributed by atoms with E-state index in [2.05, 4.69) is 5.32 Å². The second-order valence-corrected chi connectivity index (χ2v) is 7.17. The number of carbonyl (C=O) groups excluding carboxylic acids is 1. The number of hydrogen-bond acceptors (Lipinski definition) is 4. The van der Waals surface area contributed by atoms with Gasteiger partial charge < -0.3 is 10.1 Å². The lowest BCUT2D eigenvalue weighted by atomic mass is 10.0. The molecule has 1 aromatic rings. The van der Waals surface area contributed by atoms with Crippen LogP contribution < -0.4 is 5.32 Å². The molecule has 2 rings (SSSR count). The van der Waals surface area contributed by atoms with Gasteiger partial charge in [-0.2, -0.15) is 18.4 Å². The Morgan fingerprint density at radius 1 is 1.31 bits per heavy atom. The molecule has 1 N–H and O–H groups in total. The van der Waals surface area contributed by atoms with Gasteiger partial charge in [-0.05, 0) is 52.2 Å². The van der Waals surface area contributed by atoms with Crippen LogP contribution in [0.2, 0.25) is 0 Å². The fourth-order valence-electron chi connectivity index (χ4n) is 2.82. The molecule has 5 nitrogen and oxygen atoms in total. The highest BCUT2D eigenvalue weighted by atomic mass is 19.4. The second-order valence-electron chi connectivity index (χ2n) is 7.17. The van der Waals surface area contributed by atoms with Gasteiger partial charge >= 0.3 is 12.3 Å². The molecule has 26 heavy (non-hydrogen) atoms. The van der Waals surface area contributed by atoms with Crippen molar-refractivity contribution in [3.63, 3.8) is 0 Å². The predicted molar refractivity (Wildman–Crippen MR) is 90.4 cm³/mol. The van der Waals surface area contributed by atoms with Gasteiger partial charge in [-0.1, -0.05) is 6.07 Å². The third kappa shape index (κ3) is 4.81. The van der Waals surface area contributed by atoms with Crippen LogP contribution in [0, 0.1) is 11.3 Å². The van der Waals surface area contributed by atoms with Gasteiger partial charge in [0.05, 0.1) is 16.8 Å². The van der Waals surface area contributed by atoms with E-state index in [4.69, 9.17) is 4.74 Å². The van der Waals surface area contributed by atoms with E-state index in [-0.39, 0.29) is 11.3 Å². The van der Waals surface area contributed by atoms with Gasteiger partial charge in [-0.3, -0.25) is 4.90 Å². The SMILES string of the molecule is CC(C)(C)OC(=O)N1CCCCC1Nc1c(C#N)cccc1C(F)(F)F. The molecular weight excluding hydrogens is 347 g/mol. The molecule has 1 amide bonds. The molecule has 0 spiro atoms. The molecule has 1 unspecified atom stereocenters. The maximum atomic E-state index is 13.3. The number of hydrogen-bond donors (Lipinski definition) is 1. The Morgan fingerprint density at radius 2 is 2.00 bits per heavy atom. The largest absolute Gasteiger partial charge is 0.444 e. The Kier molecular flexibility index (Phi) is 5.69. The number of piperidine rings is 1. The number of anilines is 1. The number of benzene rings is 1. The Morgan fingerprint density at radius 3 is 2.58 bits per heavy atom. The fourth-order valence-corrected chi connectivity index (χ4v) is 2.82. The number of alkyl halides is 3. The average molecular weight is 369 g/mol. The summed E-state index contributed by atoms with van der Waals surface area (Å²) < 4.78 is 45.4. The lowest BCUT2D eigenvalue weighted by molar-refractivity contribution is -0.137. The summed E-state index contributed by atoms with van der Waals surface area (Å²) in [5, 5.41) is 12.0. The van der Waals surface area contributed by atoms with Gasteiger partial charge in [-0.25, -0.2) is 4.79 Å². The van der Waals surface area contributed by atoms with Crippen LogP contribution in [0.4, 0.5) is 23.7 Å². The number of amides is 1. The van der Waals surface area contributed by atoms with Crippen molar-refractivity contribution in [1.29, 1.82) is 5.26 Å². The van der Waals surface area contributed by atoms with Gasteiger partial charge in [0, 0.05) is 6.54 Å². The molecule has 0 radical (unpaired) electrons. The number of halogens is 3. The minimum Gasteiger partial charge on any atom is -0.444 e. The van der Waals surface area contributed by atoms with E-state index in [0.29, 0.717) is 13.0 Å². The smallest absolute Gasteiger partial charge is 0.418 e. The van der Waals surface area contributed by atoms with Crippen molar-refractivity contribution in [2.24, 2.45) is 0 Å². The number of likely N-dealkylation sites (tertiary alicyclic amines) is 1. The molecule has 0 bridgehead atoms. The van der Waals surface area contributed by atoms with Crippen molar-refractivity contribution < 1.29 is 22.7 Å². The van der Waals surface area contributed by atoms with Crippen molar-refractivity contribution in [3.8, 4) is 6.07 Å². The number of nitrogens with zero attached hydrogens (tertiary/aromatic N) is 2. The first-order valence-corrected chi connectivity index (χ1v) is 8.39. The third-order valence-electron chi connectivity index (χ3n) is 3.93. The second kappa shape index (κ2) is 7.44. The molecule has 8 heteroatoms. The molecule has 0 saturated carbocycles. The first kappa shape index (κ1) is 19.9. The van der Waals surface area contributed by atoms with Gasteiger partial charge in [0.25, 0.3) is 0 Å². The van der Waals surface area contributed by atoms with Crippen molar-refractivity contribution >= 4 is 11.8 Å². The highest BCUT2D eigenvalue weighted by Gasteiger charge is 2.37. The highest BCUT2D eigenvalue weighted by molar-refractivity contribution is 5.70. The van der Waals surface area contributed by atoms with Crippen LogP contribution in [-0.4, -0.2) is 29.3 Å². The van der Waals surface area contributed by atoms with Crippen LogP contribution >= 0.6 is 0 Å². The van der Waals surface area contributed by atoms with E-state index in [9.17, 15) is 23.2 Å². The zero-order valence-corrected chi connectivity index (χ0v) is 15.0. The first-order valence-electron chi connectivity index (χ1n) is 8.39. The van der Waals surface area contributed by atoms with Gasteiger partial charge in [0.15, 0.2) is 0 Å². The van der Waals surface area contributed by atoms with Crippen LogP contribution in [0.25, 0.3) is 0 Å². The molecule has 0 aliphatic carbocycles. The maximum Gasteiger partial charge on any atom is 0.418 e. The van der Waals surface area contributed by atoms with E-state index in [1.54, 1.807) is 26.8 Å². The molecule has 1 saturated heterocycles. The molecule has 1 aromatic carbocycles. The molecule has 1 atom stereocenters. The summed E-state index contributed by atoms with van der Waals surface area (Å²) in [6.45, 7) is 5.56. The number of ether oxygens (including phenoxy) is 1. The maximum absolute atomic E-state index is 13.3. The lowest BCUT2D eigenvalue weighted by Crippen LogP contribution is -2.49. The normalized spacial score (nSPS) is 18.2. The highest BCUT2D eigenvalue weighted by Crippen LogP contribution is 2.37. The monoisotopic (exact) mass is 369 g/mol. The van der Waals surface area contributed by atoms with Crippen LogP contribution in [0.5, 0.6) is 0 Å². The van der Waals surface area contributed by atoms with Gasteiger partial charge in [-0.15, -0.1) is 0 Å². The summed E-state index contributed by atoms with van der Waals surface area (Å²) in [7, 11) is 0. The number of nitriles is 1. The molecule has 0 aromatic heterocycles. The summed E-state index contributed by atoms with van der Waals surface area (Å²) in [6.07, 6.45) is -3.90. The average Bonchev–Trinajstić information content (AvgIpc) is 2.52. The molecule has 142 valence electrons. The van der Waals surface area contributed by atoms with Crippen molar-refractivity contribution in [3.05, 3.63) is 29.3 Å². The van der Waals surface area contributed by atoms with Crippen molar-refractivity contribution in [2.75, 3.05) is 11.9 Å². The summed E-state index contributed by atoms with van der Waals surface area (Å²) >= 11 is 0. The Labute approximate surface area is 150 Å². The number of carbonyl (C=O) groups is 1. The standard InChI is InChI=1S/C18H22F3N3O2/c1-17(2,3)26-16(25)24-10-5-4-9-14(24)23-15-12(11-22)7-6-8-13(15)18(19,20)21/h6-8,14,23H,4-5,9-10H2,1-3H3. The molecule has 1 aliphatic rings. The minimum absolute atomic E-state index is 0.116. The number of para-hydroxylation sites is 1. The molecule has 1 heterocycles. The van der Waals surface area contributed by atoms with Crippen LogP contribution in [-0.2, 0) is 10.9 Å². The minimum atomic E-state index is -4.61. The molecule has 1 aliphatic heterocycles.